The Kier molecular flexibility index (Phi) is 2.98. The number of furan rings is 1. The highest BCUT2D eigenvalue weighted by Crippen LogP contribution is 2.40. The molecule has 0 aliphatic heterocycles. The van der Waals surface area contributed by atoms with Gasteiger partial charge < -0.3 is 4.42 Å². The normalized spacial score (nSPS) is 20.7. The van der Waals surface area contributed by atoms with E-state index in [1.165, 1.54) is 16.3 Å². The zero-order chi connectivity index (χ0) is 27.5. The van der Waals surface area contributed by atoms with E-state index in [0.29, 0.717) is 11.1 Å². The highest BCUT2D eigenvalue weighted by molar-refractivity contribution is 7.21. The molecule has 3 heteroatoms. The highest BCUT2D eigenvalue weighted by Gasteiger charge is 2.22. The standard InChI is InChI=1S/C30H24NOS/c1-18-15-27-25(17-24(18)30-31(2)26-11-3-4-12-28(26)33-30)23-10-6-9-22(29(23)32-27)21-14-13-19-7-5-8-20(19)16-21/h3-4,6,9-17H,5,7-8H2,1-2H3/q+1/i5D2,7D2,8D2. The molecule has 2 aromatic heterocycles. The Morgan fingerprint density at radius 1 is 0.879 bits per heavy atom. The van der Waals surface area contributed by atoms with Crippen molar-refractivity contribution in [3.8, 4) is 21.7 Å². The van der Waals surface area contributed by atoms with Crippen molar-refractivity contribution in [3.63, 3.8) is 0 Å². The minimum absolute atomic E-state index is 0.0403. The first kappa shape index (κ1) is 14.0. The maximum absolute atomic E-state index is 8.45. The molecule has 7 rings (SSSR count). The molecule has 0 saturated carbocycles. The van der Waals surface area contributed by atoms with Crippen molar-refractivity contribution < 1.29 is 17.2 Å². The summed E-state index contributed by atoms with van der Waals surface area (Å²) < 4.78 is 59.8. The number of hydrogen-bond donors (Lipinski definition) is 0. The smallest absolute Gasteiger partial charge is 0.270 e. The van der Waals surface area contributed by atoms with Crippen LogP contribution in [-0.2, 0) is 19.8 Å². The molecule has 2 heterocycles. The molecule has 0 fully saturated rings. The molecule has 33 heavy (non-hydrogen) atoms. The van der Waals surface area contributed by atoms with Crippen LogP contribution in [0.4, 0.5) is 0 Å². The van der Waals surface area contributed by atoms with Crippen LogP contribution in [0.3, 0.4) is 0 Å². The van der Waals surface area contributed by atoms with E-state index in [4.69, 9.17) is 12.6 Å². The van der Waals surface area contributed by atoms with Gasteiger partial charge in [0.2, 0.25) is 5.52 Å². The fraction of sp³-hybridized carbons (Fsp3) is 0.167. The van der Waals surface area contributed by atoms with Crippen molar-refractivity contribution in [3.05, 3.63) is 89.5 Å². The zero-order valence-corrected chi connectivity index (χ0v) is 19.0. The molecule has 0 unspecified atom stereocenters. The molecule has 0 bridgehead atoms. The van der Waals surface area contributed by atoms with Crippen molar-refractivity contribution in [2.75, 3.05) is 0 Å². The lowest BCUT2D eigenvalue weighted by atomic mass is 9.98. The van der Waals surface area contributed by atoms with Crippen LogP contribution in [0, 0.1) is 6.92 Å². The fourth-order valence-corrected chi connectivity index (χ4v) is 6.06. The van der Waals surface area contributed by atoms with Gasteiger partial charge in [-0.1, -0.05) is 59.9 Å². The van der Waals surface area contributed by atoms with Crippen LogP contribution in [0.5, 0.6) is 0 Å². The monoisotopic (exact) mass is 452 g/mol. The molecule has 2 nitrogen and oxygen atoms in total. The molecule has 4 aromatic carbocycles. The Labute approximate surface area is 205 Å². The lowest BCUT2D eigenvalue weighted by Crippen LogP contribution is -2.28. The maximum atomic E-state index is 8.45. The number of fused-ring (bicyclic) bond motifs is 5. The van der Waals surface area contributed by atoms with Gasteiger partial charge in [-0.2, -0.15) is 4.57 Å². The SMILES string of the molecule is [2H]C1([2H])c2ccc(-c3cccc4c3oc3cc(C)c(-c5sc6ccccc6[n+]5C)cc34)cc2C([2H])([2H])C1([2H])[2H]. The Balaban J connectivity index is 1.43. The number of aryl methyl sites for hydroxylation is 4. The van der Waals surface area contributed by atoms with E-state index in [1.54, 1.807) is 23.5 Å². The summed E-state index contributed by atoms with van der Waals surface area (Å²) in [6.45, 7) is 2.08. The minimum Gasteiger partial charge on any atom is -0.455 e. The van der Waals surface area contributed by atoms with Crippen LogP contribution in [0.25, 0.3) is 53.9 Å². The van der Waals surface area contributed by atoms with Gasteiger partial charge in [-0.25, -0.2) is 0 Å². The van der Waals surface area contributed by atoms with Gasteiger partial charge in [-0.05, 0) is 66.5 Å². The molecule has 0 N–H and O–H groups in total. The molecule has 1 aliphatic carbocycles. The van der Waals surface area contributed by atoms with Crippen LogP contribution in [0.1, 0.15) is 31.3 Å². The van der Waals surface area contributed by atoms with E-state index >= 15 is 0 Å². The van der Waals surface area contributed by atoms with E-state index in [0.717, 1.165) is 38.1 Å². The molecule has 1 aliphatic rings. The quantitative estimate of drug-likeness (QED) is 0.245. The van der Waals surface area contributed by atoms with Crippen LogP contribution in [0.15, 0.2) is 77.2 Å². The summed E-state index contributed by atoms with van der Waals surface area (Å²) in [6, 6.07) is 23.3. The number of hydrogen-bond acceptors (Lipinski definition) is 2. The van der Waals surface area contributed by atoms with Crippen molar-refractivity contribution in [1.29, 1.82) is 0 Å². The summed E-state index contributed by atoms with van der Waals surface area (Å²) in [6.07, 6.45) is -7.61. The van der Waals surface area contributed by atoms with Gasteiger partial charge in [0.05, 0.1) is 5.56 Å². The molecule has 160 valence electrons. The topological polar surface area (TPSA) is 17.0 Å². The van der Waals surface area contributed by atoms with Crippen LogP contribution < -0.4 is 4.57 Å². The van der Waals surface area contributed by atoms with E-state index in [-0.39, 0.29) is 11.1 Å². The number of thiazole rings is 1. The number of nitrogens with zero attached hydrogens (tertiary/aromatic N) is 1. The van der Waals surface area contributed by atoms with E-state index in [9.17, 15) is 0 Å². The molecule has 0 amide bonds. The van der Waals surface area contributed by atoms with Crippen molar-refractivity contribution in [2.45, 2.75) is 26.0 Å². The molecule has 0 saturated heterocycles. The molecule has 0 atom stereocenters. The van der Waals surface area contributed by atoms with Gasteiger partial charge in [0.1, 0.15) is 22.9 Å². The number of benzene rings is 4. The zero-order valence-electron chi connectivity index (χ0n) is 24.2. The average molecular weight is 453 g/mol. The van der Waals surface area contributed by atoms with E-state index in [2.05, 4.69) is 48.9 Å². The first-order chi connectivity index (χ1) is 18.4. The second-order valence-electron chi connectivity index (χ2n) is 8.52. The second-order valence-corrected chi connectivity index (χ2v) is 9.55. The first-order valence-corrected chi connectivity index (χ1v) is 11.7. The Morgan fingerprint density at radius 2 is 1.76 bits per heavy atom. The highest BCUT2D eigenvalue weighted by atomic mass is 32.1. The Morgan fingerprint density at radius 3 is 2.67 bits per heavy atom. The lowest BCUT2D eigenvalue weighted by molar-refractivity contribution is -0.629. The lowest BCUT2D eigenvalue weighted by Gasteiger charge is -2.06. The third kappa shape index (κ3) is 2.82. The molecule has 0 radical (unpaired) electrons. The van der Waals surface area contributed by atoms with Gasteiger partial charge in [-0.3, -0.25) is 0 Å². The summed E-state index contributed by atoms with van der Waals surface area (Å²) in [4.78, 5) is 0. The fourth-order valence-electron chi connectivity index (χ4n) is 4.83. The Bertz CT molecular complexity index is 1990. The summed E-state index contributed by atoms with van der Waals surface area (Å²) in [7, 11) is 2.08. The van der Waals surface area contributed by atoms with Crippen LogP contribution in [-0.4, -0.2) is 0 Å². The van der Waals surface area contributed by atoms with E-state index < -0.39 is 19.1 Å². The second kappa shape index (κ2) is 7.03. The van der Waals surface area contributed by atoms with Gasteiger partial charge in [0.25, 0.3) is 5.01 Å². The summed E-state index contributed by atoms with van der Waals surface area (Å²) in [5, 5.41) is 3.07. The molecule has 0 spiro atoms. The van der Waals surface area contributed by atoms with Crippen molar-refractivity contribution in [2.24, 2.45) is 7.05 Å². The number of aromatic nitrogens is 1. The van der Waals surface area contributed by atoms with Gasteiger partial charge in [-0.15, -0.1) is 0 Å². The van der Waals surface area contributed by atoms with Gasteiger partial charge in [0.15, 0.2) is 0 Å². The summed E-state index contributed by atoms with van der Waals surface area (Å²) >= 11 is 1.75. The molecule has 6 aromatic rings. The Hall–Kier alpha value is -3.43. The summed E-state index contributed by atoms with van der Waals surface area (Å²) in [5.74, 6) is 0. The maximum Gasteiger partial charge on any atom is 0.270 e. The first-order valence-electron chi connectivity index (χ1n) is 13.9. The predicted octanol–water partition coefficient (Wildman–Crippen LogP) is 7.76. The van der Waals surface area contributed by atoms with Crippen LogP contribution >= 0.6 is 11.3 Å². The predicted molar refractivity (Wildman–Crippen MR) is 138 cm³/mol. The average Bonchev–Trinajstić information content (AvgIpc) is 3.47. The largest absolute Gasteiger partial charge is 0.455 e. The van der Waals surface area contributed by atoms with E-state index in [1.807, 2.05) is 24.3 Å². The van der Waals surface area contributed by atoms with Crippen molar-refractivity contribution in [1.82, 2.24) is 0 Å². The molecular weight excluding hydrogens is 422 g/mol. The third-order valence-electron chi connectivity index (χ3n) is 6.54. The third-order valence-corrected chi connectivity index (χ3v) is 7.79. The minimum atomic E-state index is -2.69. The van der Waals surface area contributed by atoms with Gasteiger partial charge in [0, 0.05) is 30.6 Å². The summed E-state index contributed by atoms with van der Waals surface area (Å²) in [5.41, 5.74) is 6.33. The number of para-hydroxylation sites is 2. The molecular formula is C30H24NOS+. The van der Waals surface area contributed by atoms with Crippen LogP contribution in [0.2, 0.25) is 0 Å². The number of rotatable bonds is 2. The van der Waals surface area contributed by atoms with Crippen molar-refractivity contribution >= 4 is 43.5 Å². The van der Waals surface area contributed by atoms with Gasteiger partial charge >= 0.3 is 0 Å².